The van der Waals surface area contributed by atoms with Gasteiger partial charge in [-0.25, -0.2) is 8.78 Å². The number of hydrogen-bond donors (Lipinski definition) is 0. The van der Waals surface area contributed by atoms with Gasteiger partial charge in [-0.1, -0.05) is 18.2 Å². The summed E-state index contributed by atoms with van der Waals surface area (Å²) in [6, 6.07) is 5.13. The highest BCUT2D eigenvalue weighted by molar-refractivity contribution is 5.73. The first-order valence-electron chi connectivity index (χ1n) is 8.09. The van der Waals surface area contributed by atoms with Crippen molar-refractivity contribution in [2.75, 3.05) is 26.2 Å². The van der Waals surface area contributed by atoms with E-state index >= 15 is 0 Å². The first kappa shape index (κ1) is 19.6. The van der Waals surface area contributed by atoms with Gasteiger partial charge in [0.05, 0.1) is 5.56 Å². The van der Waals surface area contributed by atoms with E-state index in [1.165, 1.54) is 30.0 Å². The number of likely N-dealkylation sites (tertiary alicyclic amines) is 1. The third-order valence-electron chi connectivity index (χ3n) is 4.40. The molecule has 1 aliphatic heterocycles. The highest BCUT2D eigenvalue weighted by Gasteiger charge is 2.35. The van der Waals surface area contributed by atoms with E-state index in [1.54, 1.807) is 0 Å². The summed E-state index contributed by atoms with van der Waals surface area (Å²) in [5, 5.41) is 0. The van der Waals surface area contributed by atoms with Crippen molar-refractivity contribution in [1.29, 1.82) is 0 Å². The largest absolute Gasteiger partial charge is 0.416 e. The monoisotopic (exact) mass is 364 g/mol. The van der Waals surface area contributed by atoms with E-state index in [0.29, 0.717) is 6.54 Å². The fourth-order valence-corrected chi connectivity index (χ4v) is 2.85. The van der Waals surface area contributed by atoms with Gasteiger partial charge >= 0.3 is 6.18 Å². The molecule has 3 nitrogen and oxygen atoms in total. The Labute approximate surface area is 143 Å². The minimum absolute atomic E-state index is 0.0235. The molecule has 8 heteroatoms. The van der Waals surface area contributed by atoms with Gasteiger partial charge in [0.25, 0.3) is 5.92 Å². The first-order valence-corrected chi connectivity index (χ1v) is 8.09. The maximum absolute atomic E-state index is 13.2. The average molecular weight is 364 g/mol. The van der Waals surface area contributed by atoms with Crippen molar-refractivity contribution in [2.45, 2.75) is 38.4 Å². The van der Waals surface area contributed by atoms with Crippen LogP contribution in [0.4, 0.5) is 22.0 Å². The number of amides is 1. The zero-order chi connectivity index (χ0) is 18.7. The van der Waals surface area contributed by atoms with Crippen LogP contribution in [0.5, 0.6) is 0 Å². The zero-order valence-corrected chi connectivity index (χ0v) is 14.0. The smallest absolute Gasteiger partial charge is 0.337 e. The Kier molecular flexibility index (Phi) is 6.03. The molecule has 1 aromatic rings. The number of rotatable bonds is 5. The third-order valence-corrected chi connectivity index (χ3v) is 4.40. The van der Waals surface area contributed by atoms with Gasteiger partial charge in [0.2, 0.25) is 5.91 Å². The van der Waals surface area contributed by atoms with Crippen LogP contribution in [-0.4, -0.2) is 47.8 Å². The molecular weight excluding hydrogens is 343 g/mol. The molecule has 2 rings (SSSR count). The summed E-state index contributed by atoms with van der Waals surface area (Å²) in [6.45, 7) is 2.14. The molecule has 0 aromatic heterocycles. The number of carbonyl (C=O) groups excluding carboxylic acids is 1. The van der Waals surface area contributed by atoms with Gasteiger partial charge in [-0.15, -0.1) is 0 Å². The summed E-state index contributed by atoms with van der Waals surface area (Å²) in [4.78, 5) is 14.9. The van der Waals surface area contributed by atoms with E-state index < -0.39 is 17.7 Å². The Hall–Kier alpha value is -1.70. The number of piperidine rings is 1. The highest BCUT2D eigenvalue weighted by atomic mass is 19.4. The van der Waals surface area contributed by atoms with Crippen molar-refractivity contribution in [2.24, 2.45) is 0 Å². The molecular formula is C17H21F5N2O. The molecule has 0 radical (unpaired) electrons. The maximum Gasteiger partial charge on any atom is 0.416 e. The summed E-state index contributed by atoms with van der Waals surface area (Å²) in [7, 11) is 0. The van der Waals surface area contributed by atoms with Crippen molar-refractivity contribution in [3.05, 3.63) is 35.4 Å². The topological polar surface area (TPSA) is 23.6 Å². The van der Waals surface area contributed by atoms with Crippen LogP contribution in [0.3, 0.4) is 0 Å². The summed E-state index contributed by atoms with van der Waals surface area (Å²) in [6.07, 6.45) is -4.95. The van der Waals surface area contributed by atoms with Crippen molar-refractivity contribution in [3.8, 4) is 0 Å². The molecule has 1 heterocycles. The lowest BCUT2D eigenvalue weighted by molar-refractivity contribution is -0.139. The van der Waals surface area contributed by atoms with E-state index in [0.717, 1.165) is 6.07 Å². The standard InChI is InChI=1S/C17H21F5N2O/c1-13(25)24(11-10-23-8-6-16(18,19)7-9-23)12-14-4-2-3-5-15(14)17(20,21)22/h2-5H,6-12H2,1H3. The second-order valence-electron chi connectivity index (χ2n) is 6.29. The number of alkyl halides is 5. The van der Waals surface area contributed by atoms with Crippen molar-refractivity contribution >= 4 is 5.91 Å². The molecule has 0 N–H and O–H groups in total. The van der Waals surface area contributed by atoms with Crippen LogP contribution in [0.2, 0.25) is 0 Å². The van der Waals surface area contributed by atoms with E-state index in [2.05, 4.69) is 0 Å². The Balaban J connectivity index is 2.00. The summed E-state index contributed by atoms with van der Waals surface area (Å²) < 4.78 is 65.5. The van der Waals surface area contributed by atoms with Crippen LogP contribution >= 0.6 is 0 Å². The van der Waals surface area contributed by atoms with Crippen molar-refractivity contribution in [3.63, 3.8) is 0 Å². The molecule has 0 bridgehead atoms. The molecule has 1 aliphatic rings. The number of halogens is 5. The minimum Gasteiger partial charge on any atom is -0.337 e. The van der Waals surface area contributed by atoms with Crippen LogP contribution in [0.15, 0.2) is 24.3 Å². The molecule has 25 heavy (non-hydrogen) atoms. The molecule has 0 spiro atoms. The van der Waals surface area contributed by atoms with Gasteiger partial charge < -0.3 is 9.80 Å². The number of hydrogen-bond acceptors (Lipinski definition) is 2. The predicted molar refractivity (Wildman–Crippen MR) is 83.2 cm³/mol. The van der Waals surface area contributed by atoms with E-state index in [9.17, 15) is 26.7 Å². The second kappa shape index (κ2) is 7.68. The predicted octanol–water partition coefficient (Wildman–Crippen LogP) is 3.79. The number of carbonyl (C=O) groups is 1. The lowest BCUT2D eigenvalue weighted by Crippen LogP contribution is -2.43. The van der Waals surface area contributed by atoms with E-state index in [-0.39, 0.29) is 50.5 Å². The molecule has 1 aromatic carbocycles. The molecule has 0 aliphatic carbocycles. The molecule has 0 saturated carbocycles. The van der Waals surface area contributed by atoms with Crippen LogP contribution in [0.25, 0.3) is 0 Å². The van der Waals surface area contributed by atoms with Crippen LogP contribution < -0.4 is 0 Å². The van der Waals surface area contributed by atoms with Crippen LogP contribution in [0.1, 0.15) is 30.9 Å². The van der Waals surface area contributed by atoms with Crippen LogP contribution in [-0.2, 0) is 17.5 Å². The quantitative estimate of drug-likeness (QED) is 0.743. The normalized spacial score (nSPS) is 18.2. The lowest BCUT2D eigenvalue weighted by Gasteiger charge is -2.33. The average Bonchev–Trinajstić information content (AvgIpc) is 2.51. The van der Waals surface area contributed by atoms with Gasteiger partial charge in [-0.2, -0.15) is 13.2 Å². The fraction of sp³-hybridized carbons (Fsp3) is 0.588. The lowest BCUT2D eigenvalue weighted by atomic mass is 10.1. The van der Waals surface area contributed by atoms with Gasteiger partial charge in [0.1, 0.15) is 0 Å². The zero-order valence-electron chi connectivity index (χ0n) is 14.0. The van der Waals surface area contributed by atoms with E-state index in [4.69, 9.17) is 0 Å². The van der Waals surface area contributed by atoms with Gasteiger partial charge in [0.15, 0.2) is 0 Å². The minimum atomic E-state index is -4.49. The fourth-order valence-electron chi connectivity index (χ4n) is 2.85. The summed E-state index contributed by atoms with van der Waals surface area (Å²) in [5.74, 6) is -3.00. The van der Waals surface area contributed by atoms with Crippen LogP contribution in [0, 0.1) is 0 Å². The Morgan fingerprint density at radius 3 is 2.36 bits per heavy atom. The molecule has 0 unspecified atom stereocenters. The maximum atomic E-state index is 13.2. The van der Waals surface area contributed by atoms with Crippen molar-refractivity contribution in [1.82, 2.24) is 9.80 Å². The van der Waals surface area contributed by atoms with Crippen molar-refractivity contribution < 1.29 is 26.7 Å². The van der Waals surface area contributed by atoms with Gasteiger partial charge in [0, 0.05) is 52.5 Å². The second-order valence-corrected chi connectivity index (χ2v) is 6.29. The number of benzene rings is 1. The molecule has 0 atom stereocenters. The molecule has 1 saturated heterocycles. The Morgan fingerprint density at radius 2 is 1.80 bits per heavy atom. The highest BCUT2D eigenvalue weighted by Crippen LogP contribution is 2.32. The Morgan fingerprint density at radius 1 is 1.20 bits per heavy atom. The Bertz CT molecular complexity index is 593. The summed E-state index contributed by atoms with van der Waals surface area (Å²) in [5.41, 5.74) is -0.741. The third kappa shape index (κ3) is 5.66. The van der Waals surface area contributed by atoms with Gasteiger partial charge in [-0.05, 0) is 11.6 Å². The molecule has 1 fully saturated rings. The summed E-state index contributed by atoms with van der Waals surface area (Å²) >= 11 is 0. The van der Waals surface area contributed by atoms with Gasteiger partial charge in [-0.3, -0.25) is 4.79 Å². The molecule has 1 amide bonds. The van der Waals surface area contributed by atoms with E-state index in [1.807, 2.05) is 4.90 Å². The molecule has 140 valence electrons. The number of nitrogens with zero attached hydrogens (tertiary/aromatic N) is 2. The first-order chi connectivity index (χ1) is 11.6. The SMILES string of the molecule is CC(=O)N(CCN1CCC(F)(F)CC1)Cc1ccccc1C(F)(F)F.